The minimum Gasteiger partial charge on any atom is -0.358 e. The highest BCUT2D eigenvalue weighted by Gasteiger charge is 2.23. The molecule has 4 rings (SSSR count). The van der Waals surface area contributed by atoms with Crippen molar-refractivity contribution >= 4 is 26.4 Å². The van der Waals surface area contributed by atoms with Crippen molar-refractivity contribution in [2.45, 2.75) is 16.2 Å². The summed E-state index contributed by atoms with van der Waals surface area (Å²) in [4.78, 5) is 7.45. The van der Waals surface area contributed by atoms with E-state index in [1.165, 1.54) is 30.5 Å². The highest BCUT2D eigenvalue weighted by Crippen LogP contribution is 2.32. The van der Waals surface area contributed by atoms with Gasteiger partial charge in [-0.05, 0) is 42.8 Å². The maximum Gasteiger partial charge on any atom is 0.208 e. The van der Waals surface area contributed by atoms with Gasteiger partial charge in [-0.1, -0.05) is 12.1 Å². The Bertz CT molecular complexity index is 1090. The minimum absolute atomic E-state index is 0.0720. The molecule has 0 atom stereocenters. The molecule has 2 aromatic heterocycles. The molecular formula is C18H16FN3O2S. The lowest BCUT2D eigenvalue weighted by atomic mass is 10.0. The number of benzene rings is 1. The van der Waals surface area contributed by atoms with E-state index in [2.05, 4.69) is 21.4 Å². The molecule has 0 unspecified atom stereocenters. The first-order chi connectivity index (χ1) is 12.1. The van der Waals surface area contributed by atoms with Crippen molar-refractivity contribution in [1.29, 1.82) is 0 Å². The summed E-state index contributed by atoms with van der Waals surface area (Å²) in [5.74, 6) is -0.585. The van der Waals surface area contributed by atoms with E-state index in [1.807, 2.05) is 0 Å². The zero-order chi connectivity index (χ0) is 17.4. The number of hydrogen-bond acceptors (Lipinski definition) is 4. The fourth-order valence-corrected chi connectivity index (χ4v) is 4.54. The molecule has 1 aromatic carbocycles. The molecule has 0 aliphatic carbocycles. The van der Waals surface area contributed by atoms with E-state index in [4.69, 9.17) is 0 Å². The first-order valence-electron chi connectivity index (χ1n) is 7.94. The molecule has 7 heteroatoms. The molecule has 128 valence electrons. The summed E-state index contributed by atoms with van der Waals surface area (Å²) in [6, 6.07) is 6.47. The van der Waals surface area contributed by atoms with Crippen LogP contribution in [0.2, 0.25) is 0 Å². The number of rotatable bonds is 3. The van der Waals surface area contributed by atoms with Crippen molar-refractivity contribution in [2.75, 3.05) is 13.1 Å². The third kappa shape index (κ3) is 2.75. The van der Waals surface area contributed by atoms with Crippen LogP contribution >= 0.6 is 0 Å². The summed E-state index contributed by atoms with van der Waals surface area (Å²) in [6.07, 6.45) is 6.21. The van der Waals surface area contributed by atoms with E-state index >= 15 is 0 Å². The van der Waals surface area contributed by atoms with Crippen LogP contribution in [0.15, 0.2) is 58.6 Å². The van der Waals surface area contributed by atoms with E-state index < -0.39 is 15.7 Å². The molecule has 25 heavy (non-hydrogen) atoms. The van der Waals surface area contributed by atoms with Crippen molar-refractivity contribution in [2.24, 2.45) is 0 Å². The van der Waals surface area contributed by atoms with Gasteiger partial charge < -0.3 is 10.3 Å². The number of nitrogens with zero attached hydrogens (tertiary/aromatic N) is 1. The van der Waals surface area contributed by atoms with Gasteiger partial charge in [0.05, 0.1) is 20.8 Å². The van der Waals surface area contributed by atoms with Crippen LogP contribution in [0.4, 0.5) is 4.39 Å². The zero-order valence-corrected chi connectivity index (χ0v) is 14.1. The van der Waals surface area contributed by atoms with Crippen LogP contribution in [0.1, 0.15) is 12.0 Å². The van der Waals surface area contributed by atoms with Gasteiger partial charge in [0.2, 0.25) is 9.84 Å². The van der Waals surface area contributed by atoms with Crippen molar-refractivity contribution in [3.63, 3.8) is 0 Å². The molecule has 5 nitrogen and oxygen atoms in total. The standard InChI is InChI=1S/C18H16FN3O2S/c19-13-2-1-3-14(10-13)25(23,24)16-6-9-21-17-15(11-22-18(16)17)12-4-7-20-8-5-12/h1-4,6,9-11,20,22H,5,7-8H2. The topological polar surface area (TPSA) is 74.8 Å². The monoisotopic (exact) mass is 357 g/mol. The normalized spacial score (nSPS) is 15.3. The molecule has 0 bridgehead atoms. The summed E-state index contributed by atoms with van der Waals surface area (Å²) < 4.78 is 39.4. The maximum atomic E-state index is 13.5. The van der Waals surface area contributed by atoms with Crippen LogP contribution < -0.4 is 5.32 Å². The summed E-state index contributed by atoms with van der Waals surface area (Å²) in [5.41, 5.74) is 3.11. The molecule has 0 amide bonds. The van der Waals surface area contributed by atoms with Crippen LogP contribution in [0, 0.1) is 5.82 Å². The molecule has 3 heterocycles. The summed E-state index contributed by atoms with van der Waals surface area (Å²) in [7, 11) is -3.85. The van der Waals surface area contributed by atoms with E-state index in [-0.39, 0.29) is 9.79 Å². The first kappa shape index (κ1) is 16.0. The number of aromatic amines is 1. The van der Waals surface area contributed by atoms with Gasteiger partial charge >= 0.3 is 0 Å². The van der Waals surface area contributed by atoms with Crippen LogP contribution in [0.25, 0.3) is 16.6 Å². The number of nitrogens with one attached hydrogen (secondary N) is 2. The van der Waals surface area contributed by atoms with Crippen LogP contribution in [0.3, 0.4) is 0 Å². The molecule has 0 fully saturated rings. The van der Waals surface area contributed by atoms with Crippen molar-refractivity contribution in [3.05, 3.63) is 60.2 Å². The third-order valence-electron chi connectivity index (χ3n) is 4.33. The molecule has 0 saturated heterocycles. The fourth-order valence-electron chi connectivity index (χ4n) is 3.10. The van der Waals surface area contributed by atoms with Gasteiger partial charge in [0.25, 0.3) is 0 Å². The summed E-state index contributed by atoms with van der Waals surface area (Å²) in [5, 5.41) is 3.25. The number of pyridine rings is 1. The molecule has 0 saturated carbocycles. The predicted octanol–water partition coefficient (Wildman–Crippen LogP) is 2.91. The SMILES string of the molecule is O=S(=O)(c1cccc(F)c1)c1ccnc2c(C3=CCNCC3)c[nH]c12. The number of hydrogen-bond donors (Lipinski definition) is 2. The highest BCUT2D eigenvalue weighted by atomic mass is 32.2. The molecule has 1 aliphatic heterocycles. The Kier molecular flexibility index (Phi) is 3.89. The highest BCUT2D eigenvalue weighted by molar-refractivity contribution is 7.91. The maximum absolute atomic E-state index is 13.5. The van der Waals surface area contributed by atoms with Gasteiger partial charge in [0.15, 0.2) is 0 Å². The Labute approximate surface area is 144 Å². The van der Waals surface area contributed by atoms with Crippen molar-refractivity contribution in [1.82, 2.24) is 15.3 Å². The lowest BCUT2D eigenvalue weighted by molar-refractivity contribution is 0.591. The molecular weight excluding hydrogens is 341 g/mol. The fraction of sp³-hybridized carbons (Fsp3) is 0.167. The second kappa shape index (κ2) is 6.09. The number of H-pyrrole nitrogens is 1. The first-order valence-corrected chi connectivity index (χ1v) is 9.42. The van der Waals surface area contributed by atoms with Gasteiger partial charge in [0, 0.05) is 24.5 Å². The molecule has 0 spiro atoms. The van der Waals surface area contributed by atoms with Gasteiger partial charge in [-0.15, -0.1) is 0 Å². The molecule has 0 radical (unpaired) electrons. The Hall–Kier alpha value is -2.51. The Morgan fingerprint density at radius 2 is 2.08 bits per heavy atom. The zero-order valence-electron chi connectivity index (χ0n) is 13.3. The van der Waals surface area contributed by atoms with Crippen molar-refractivity contribution in [3.8, 4) is 0 Å². The lowest BCUT2D eigenvalue weighted by Crippen LogP contribution is -2.19. The summed E-state index contributed by atoms with van der Waals surface area (Å²) in [6.45, 7) is 1.66. The quantitative estimate of drug-likeness (QED) is 0.756. The number of fused-ring (bicyclic) bond motifs is 1. The Morgan fingerprint density at radius 3 is 2.84 bits per heavy atom. The van der Waals surface area contributed by atoms with Crippen LogP contribution in [-0.4, -0.2) is 31.5 Å². The van der Waals surface area contributed by atoms with Gasteiger partial charge in [-0.25, -0.2) is 12.8 Å². The Balaban J connectivity index is 1.89. The van der Waals surface area contributed by atoms with E-state index in [9.17, 15) is 12.8 Å². The molecule has 3 aromatic rings. The van der Waals surface area contributed by atoms with Crippen molar-refractivity contribution < 1.29 is 12.8 Å². The van der Waals surface area contributed by atoms with Crippen LogP contribution in [-0.2, 0) is 9.84 Å². The number of sulfone groups is 1. The van der Waals surface area contributed by atoms with Gasteiger partial charge in [0.1, 0.15) is 5.82 Å². The second-order valence-corrected chi connectivity index (χ2v) is 7.80. The Morgan fingerprint density at radius 1 is 1.20 bits per heavy atom. The number of halogens is 1. The average molecular weight is 357 g/mol. The van der Waals surface area contributed by atoms with Gasteiger partial charge in [-0.3, -0.25) is 4.98 Å². The largest absolute Gasteiger partial charge is 0.358 e. The summed E-state index contributed by atoms with van der Waals surface area (Å²) >= 11 is 0. The number of aromatic nitrogens is 2. The average Bonchev–Trinajstić information content (AvgIpc) is 3.06. The lowest BCUT2D eigenvalue weighted by Gasteiger charge is -2.13. The van der Waals surface area contributed by atoms with E-state index in [0.717, 1.165) is 36.7 Å². The third-order valence-corrected chi connectivity index (χ3v) is 6.13. The predicted molar refractivity (Wildman–Crippen MR) is 93.4 cm³/mol. The van der Waals surface area contributed by atoms with E-state index in [0.29, 0.717) is 11.0 Å². The van der Waals surface area contributed by atoms with Crippen LogP contribution in [0.5, 0.6) is 0 Å². The molecule has 2 N–H and O–H groups in total. The minimum atomic E-state index is -3.85. The van der Waals surface area contributed by atoms with E-state index in [1.54, 1.807) is 6.20 Å². The van der Waals surface area contributed by atoms with Gasteiger partial charge in [-0.2, -0.15) is 0 Å². The second-order valence-electron chi connectivity index (χ2n) is 5.88. The smallest absolute Gasteiger partial charge is 0.208 e. The molecule has 1 aliphatic rings.